The number of carbonyl (C=O) groups is 1. The van der Waals surface area contributed by atoms with Crippen molar-refractivity contribution in [2.45, 2.75) is 70.1 Å². The Bertz CT molecular complexity index is 642. The summed E-state index contributed by atoms with van der Waals surface area (Å²) in [6.07, 6.45) is 5.02. The van der Waals surface area contributed by atoms with Gasteiger partial charge in [0.15, 0.2) is 0 Å². The number of nitrogens with zero attached hydrogens (tertiary/aromatic N) is 2. The first-order chi connectivity index (χ1) is 11.9. The largest absolute Gasteiger partial charge is 0.444 e. The summed E-state index contributed by atoms with van der Waals surface area (Å²) in [5.74, 6) is 0.790. The Hall–Kier alpha value is -1.55. The van der Waals surface area contributed by atoms with E-state index in [0.29, 0.717) is 12.1 Å². The van der Waals surface area contributed by atoms with Crippen LogP contribution in [0.5, 0.6) is 0 Å². The number of ether oxygens (including phenoxy) is 1. The van der Waals surface area contributed by atoms with Gasteiger partial charge < -0.3 is 9.64 Å². The Balaban J connectivity index is 1.41. The summed E-state index contributed by atoms with van der Waals surface area (Å²) < 4.78 is 5.49. The fraction of sp³-hybridized carbons (Fsp3) is 0.667. The molecule has 2 aliphatic heterocycles. The lowest BCUT2D eigenvalue weighted by Gasteiger charge is -2.46. The van der Waals surface area contributed by atoms with Crippen LogP contribution in [0.2, 0.25) is 0 Å². The van der Waals surface area contributed by atoms with Gasteiger partial charge in [0.2, 0.25) is 0 Å². The summed E-state index contributed by atoms with van der Waals surface area (Å²) in [5.41, 5.74) is 2.70. The van der Waals surface area contributed by atoms with Crippen LogP contribution in [-0.2, 0) is 4.74 Å². The molecule has 4 nitrogen and oxygen atoms in total. The average molecular weight is 342 g/mol. The summed E-state index contributed by atoms with van der Waals surface area (Å²) in [6, 6.07) is 10.0. The smallest absolute Gasteiger partial charge is 0.410 e. The first-order valence-electron chi connectivity index (χ1n) is 9.75. The number of amides is 1. The van der Waals surface area contributed by atoms with Gasteiger partial charge in [-0.25, -0.2) is 4.79 Å². The minimum Gasteiger partial charge on any atom is -0.444 e. The van der Waals surface area contributed by atoms with Crippen LogP contribution in [0.15, 0.2) is 24.3 Å². The second-order valence-electron chi connectivity index (χ2n) is 8.84. The highest BCUT2D eigenvalue weighted by Crippen LogP contribution is 2.46. The van der Waals surface area contributed by atoms with E-state index < -0.39 is 5.60 Å². The van der Waals surface area contributed by atoms with Gasteiger partial charge in [-0.05, 0) is 70.0 Å². The molecule has 0 N–H and O–H groups in total. The van der Waals surface area contributed by atoms with Gasteiger partial charge in [-0.1, -0.05) is 24.3 Å². The van der Waals surface area contributed by atoms with Crippen LogP contribution in [0.3, 0.4) is 0 Å². The van der Waals surface area contributed by atoms with Crippen molar-refractivity contribution < 1.29 is 9.53 Å². The number of rotatable bonds is 3. The minimum absolute atomic E-state index is 0.169. The highest BCUT2D eigenvalue weighted by molar-refractivity contribution is 5.69. The highest BCUT2D eigenvalue weighted by Gasteiger charge is 2.42. The Kier molecular flexibility index (Phi) is 4.27. The number of carbonyl (C=O) groups excluding carboxylic acids is 1. The lowest BCUT2D eigenvalue weighted by atomic mass is 9.94. The Morgan fingerprint density at radius 1 is 1.08 bits per heavy atom. The molecule has 1 aliphatic carbocycles. The van der Waals surface area contributed by atoms with E-state index in [1.807, 2.05) is 25.7 Å². The van der Waals surface area contributed by atoms with Crippen LogP contribution in [-0.4, -0.2) is 47.2 Å². The third-order valence-corrected chi connectivity index (χ3v) is 5.65. The minimum atomic E-state index is -0.415. The van der Waals surface area contributed by atoms with Gasteiger partial charge in [0, 0.05) is 25.2 Å². The molecule has 1 aromatic rings. The summed E-state index contributed by atoms with van der Waals surface area (Å²) in [5, 5.41) is 0. The highest BCUT2D eigenvalue weighted by atomic mass is 16.6. The normalized spacial score (nSPS) is 25.1. The third-order valence-electron chi connectivity index (χ3n) is 5.65. The topological polar surface area (TPSA) is 32.8 Å². The number of benzene rings is 1. The monoisotopic (exact) mass is 342 g/mol. The van der Waals surface area contributed by atoms with E-state index in [-0.39, 0.29) is 6.09 Å². The number of likely N-dealkylation sites (tertiary alicyclic amines) is 2. The average Bonchev–Trinajstić information content (AvgIpc) is 3.23. The fourth-order valence-corrected chi connectivity index (χ4v) is 4.28. The molecule has 1 aromatic carbocycles. The molecule has 2 saturated heterocycles. The molecular formula is C21H30N2O2. The van der Waals surface area contributed by atoms with Crippen molar-refractivity contribution in [1.82, 2.24) is 9.80 Å². The third kappa shape index (κ3) is 3.55. The quantitative estimate of drug-likeness (QED) is 0.820. The molecular weight excluding hydrogens is 312 g/mol. The second-order valence-corrected chi connectivity index (χ2v) is 8.84. The zero-order chi connectivity index (χ0) is 17.6. The molecule has 0 spiro atoms. The molecule has 0 bridgehead atoms. The van der Waals surface area contributed by atoms with Gasteiger partial charge in [0.05, 0.1) is 0 Å². The maximum Gasteiger partial charge on any atom is 0.410 e. The van der Waals surface area contributed by atoms with Crippen LogP contribution in [0.25, 0.3) is 0 Å². The van der Waals surface area contributed by atoms with Crippen molar-refractivity contribution in [3.63, 3.8) is 0 Å². The molecule has 2 heterocycles. The maximum atomic E-state index is 12.2. The SMILES string of the molecule is CC(C)(C)OC(=O)N1CC(N2CCCC2c2ccccc2C2CC2)C1. The molecule has 1 atom stereocenters. The van der Waals surface area contributed by atoms with E-state index in [4.69, 9.17) is 4.74 Å². The van der Waals surface area contributed by atoms with Crippen molar-refractivity contribution in [3.8, 4) is 0 Å². The van der Waals surface area contributed by atoms with Gasteiger partial charge in [-0.2, -0.15) is 0 Å². The lowest BCUT2D eigenvalue weighted by molar-refractivity contribution is -0.0181. The molecule has 4 heteroatoms. The first-order valence-corrected chi connectivity index (χ1v) is 9.75. The van der Waals surface area contributed by atoms with Crippen LogP contribution in [0.4, 0.5) is 4.79 Å². The van der Waals surface area contributed by atoms with E-state index in [0.717, 1.165) is 25.6 Å². The van der Waals surface area contributed by atoms with Crippen molar-refractivity contribution >= 4 is 6.09 Å². The summed E-state index contributed by atoms with van der Waals surface area (Å²) in [7, 11) is 0. The van der Waals surface area contributed by atoms with E-state index in [1.165, 1.54) is 25.7 Å². The summed E-state index contributed by atoms with van der Waals surface area (Å²) in [4.78, 5) is 16.7. The van der Waals surface area contributed by atoms with Crippen LogP contribution in [0.1, 0.15) is 69.5 Å². The molecule has 1 saturated carbocycles. The molecule has 4 rings (SSSR count). The van der Waals surface area contributed by atoms with Gasteiger partial charge in [0.1, 0.15) is 5.60 Å². The molecule has 0 aromatic heterocycles. The van der Waals surface area contributed by atoms with Gasteiger partial charge in [-0.15, -0.1) is 0 Å². The Labute approximate surface area is 151 Å². The van der Waals surface area contributed by atoms with Gasteiger partial charge in [-0.3, -0.25) is 4.90 Å². The summed E-state index contributed by atoms with van der Waals surface area (Å²) >= 11 is 0. The molecule has 3 fully saturated rings. The van der Waals surface area contributed by atoms with E-state index in [1.54, 1.807) is 11.1 Å². The van der Waals surface area contributed by atoms with Crippen LogP contribution < -0.4 is 0 Å². The fourth-order valence-electron chi connectivity index (χ4n) is 4.28. The van der Waals surface area contributed by atoms with E-state index in [2.05, 4.69) is 29.2 Å². The molecule has 25 heavy (non-hydrogen) atoms. The van der Waals surface area contributed by atoms with Crippen molar-refractivity contribution in [2.24, 2.45) is 0 Å². The van der Waals surface area contributed by atoms with E-state index in [9.17, 15) is 4.79 Å². The molecule has 3 aliphatic rings. The van der Waals surface area contributed by atoms with Gasteiger partial charge in [0.25, 0.3) is 0 Å². The molecule has 0 radical (unpaired) electrons. The van der Waals surface area contributed by atoms with E-state index >= 15 is 0 Å². The second kappa shape index (κ2) is 6.31. The Morgan fingerprint density at radius 2 is 1.76 bits per heavy atom. The lowest BCUT2D eigenvalue weighted by Crippen LogP contribution is -2.61. The molecule has 1 unspecified atom stereocenters. The Morgan fingerprint density at radius 3 is 2.40 bits per heavy atom. The number of hydrogen-bond acceptors (Lipinski definition) is 3. The van der Waals surface area contributed by atoms with Crippen molar-refractivity contribution in [3.05, 3.63) is 35.4 Å². The molecule has 136 valence electrons. The predicted molar refractivity (Wildman–Crippen MR) is 98.7 cm³/mol. The van der Waals surface area contributed by atoms with Gasteiger partial charge >= 0.3 is 6.09 Å². The predicted octanol–water partition coefficient (Wildman–Crippen LogP) is 4.32. The zero-order valence-corrected chi connectivity index (χ0v) is 15.7. The maximum absolute atomic E-state index is 12.2. The van der Waals surface area contributed by atoms with Crippen LogP contribution >= 0.6 is 0 Å². The number of hydrogen-bond donors (Lipinski definition) is 0. The first kappa shape index (κ1) is 16.9. The van der Waals surface area contributed by atoms with Crippen molar-refractivity contribution in [2.75, 3.05) is 19.6 Å². The standard InChI is InChI=1S/C21H30N2O2/c1-21(2,3)25-20(24)22-13-16(14-22)23-12-6-9-19(23)18-8-5-4-7-17(18)15-10-11-15/h4-5,7-8,15-16,19H,6,9-14H2,1-3H3. The zero-order valence-electron chi connectivity index (χ0n) is 15.7. The van der Waals surface area contributed by atoms with Crippen molar-refractivity contribution in [1.29, 1.82) is 0 Å². The summed E-state index contributed by atoms with van der Waals surface area (Å²) in [6.45, 7) is 8.53. The molecule has 1 amide bonds. The van der Waals surface area contributed by atoms with Crippen LogP contribution in [0, 0.1) is 0 Å².